The van der Waals surface area contributed by atoms with E-state index in [9.17, 15) is 9.18 Å². The predicted octanol–water partition coefficient (Wildman–Crippen LogP) is 3.71. The van der Waals surface area contributed by atoms with Gasteiger partial charge in [-0.25, -0.2) is 4.39 Å². The van der Waals surface area contributed by atoms with Crippen LogP contribution in [0.2, 0.25) is 0 Å². The van der Waals surface area contributed by atoms with Gasteiger partial charge in [-0.2, -0.15) is 0 Å². The molecule has 4 nitrogen and oxygen atoms in total. The van der Waals surface area contributed by atoms with Gasteiger partial charge in [0, 0.05) is 25.0 Å². The molecule has 1 aromatic heterocycles. The molecule has 0 bridgehead atoms. The van der Waals surface area contributed by atoms with E-state index >= 15 is 0 Å². The summed E-state index contributed by atoms with van der Waals surface area (Å²) < 4.78 is 13.6. The number of aromatic nitrogens is 1. The summed E-state index contributed by atoms with van der Waals surface area (Å²) in [5.74, 6) is -0.212. The topological polar surface area (TPSA) is 45.2 Å². The monoisotopic (exact) mass is 313 g/mol. The lowest BCUT2D eigenvalue weighted by Crippen LogP contribution is -2.34. The molecule has 1 N–H and O–H groups in total. The third-order valence-electron chi connectivity index (χ3n) is 4.12. The molecule has 2 heterocycles. The number of halogens is 1. The molecule has 1 unspecified atom stereocenters. The molecule has 1 aliphatic rings. The van der Waals surface area contributed by atoms with Crippen molar-refractivity contribution in [3.05, 3.63) is 54.1 Å². The van der Waals surface area contributed by atoms with E-state index in [-0.39, 0.29) is 5.69 Å². The first-order chi connectivity index (χ1) is 11.1. The predicted molar refractivity (Wildman–Crippen MR) is 89.2 cm³/mol. The van der Waals surface area contributed by atoms with Crippen molar-refractivity contribution in [2.24, 2.45) is 5.92 Å². The molecule has 1 fully saturated rings. The van der Waals surface area contributed by atoms with Crippen molar-refractivity contribution < 1.29 is 9.18 Å². The van der Waals surface area contributed by atoms with Crippen LogP contribution < -0.4 is 10.2 Å². The molecule has 1 atom stereocenters. The number of nitrogens with one attached hydrogen (secondary N) is 1. The van der Waals surface area contributed by atoms with Gasteiger partial charge in [0.05, 0.1) is 5.69 Å². The van der Waals surface area contributed by atoms with Crippen LogP contribution in [-0.2, 0) is 0 Å². The maximum Gasteiger partial charge on any atom is 0.274 e. The summed E-state index contributed by atoms with van der Waals surface area (Å²) in [6, 6.07) is 9.79. The van der Waals surface area contributed by atoms with E-state index < -0.39 is 11.7 Å². The Kier molecular flexibility index (Phi) is 4.55. The van der Waals surface area contributed by atoms with Crippen LogP contribution in [0.15, 0.2) is 42.6 Å². The highest BCUT2D eigenvalue weighted by Gasteiger charge is 2.18. The second kappa shape index (κ2) is 6.77. The Labute approximate surface area is 135 Å². The van der Waals surface area contributed by atoms with Gasteiger partial charge >= 0.3 is 0 Å². The molecular formula is C18H20FN3O. The zero-order chi connectivity index (χ0) is 16.2. The van der Waals surface area contributed by atoms with Crippen LogP contribution in [0.1, 0.15) is 30.3 Å². The van der Waals surface area contributed by atoms with E-state index in [4.69, 9.17) is 0 Å². The summed E-state index contributed by atoms with van der Waals surface area (Å²) in [6.07, 6.45) is 4.02. The molecule has 5 heteroatoms. The molecule has 0 radical (unpaired) electrons. The van der Waals surface area contributed by atoms with Crippen molar-refractivity contribution >= 4 is 17.3 Å². The second-order valence-corrected chi connectivity index (χ2v) is 6.03. The number of pyridine rings is 1. The third kappa shape index (κ3) is 3.67. The highest BCUT2D eigenvalue weighted by molar-refractivity contribution is 6.03. The van der Waals surface area contributed by atoms with Gasteiger partial charge in [-0.15, -0.1) is 0 Å². The Morgan fingerprint density at radius 2 is 2.17 bits per heavy atom. The van der Waals surface area contributed by atoms with Gasteiger partial charge in [0.25, 0.3) is 5.91 Å². The van der Waals surface area contributed by atoms with Gasteiger partial charge in [-0.1, -0.05) is 19.1 Å². The molecule has 23 heavy (non-hydrogen) atoms. The number of nitrogens with zero attached hydrogens (tertiary/aromatic N) is 2. The van der Waals surface area contributed by atoms with Crippen LogP contribution in [0, 0.1) is 11.7 Å². The molecule has 1 aliphatic heterocycles. The lowest BCUT2D eigenvalue weighted by Gasteiger charge is -2.32. The van der Waals surface area contributed by atoms with E-state index in [0.717, 1.165) is 25.2 Å². The lowest BCUT2D eigenvalue weighted by atomic mass is 10.00. The first kappa shape index (κ1) is 15.5. The Hall–Kier alpha value is -2.43. The highest BCUT2D eigenvalue weighted by Crippen LogP contribution is 2.23. The minimum absolute atomic E-state index is 0.163. The number of benzene rings is 1. The zero-order valence-corrected chi connectivity index (χ0v) is 13.1. The van der Waals surface area contributed by atoms with E-state index in [0.29, 0.717) is 11.6 Å². The summed E-state index contributed by atoms with van der Waals surface area (Å²) in [7, 11) is 0. The number of hydrogen-bond acceptors (Lipinski definition) is 3. The molecule has 1 amide bonds. The molecule has 3 rings (SSSR count). The van der Waals surface area contributed by atoms with Crippen LogP contribution in [0.5, 0.6) is 0 Å². The van der Waals surface area contributed by atoms with E-state index in [2.05, 4.69) is 22.1 Å². The molecule has 1 aromatic carbocycles. The molecule has 0 saturated carbocycles. The molecular weight excluding hydrogens is 293 g/mol. The lowest BCUT2D eigenvalue weighted by molar-refractivity contribution is 0.102. The number of piperidine rings is 1. The Morgan fingerprint density at radius 3 is 2.96 bits per heavy atom. The minimum Gasteiger partial charge on any atom is -0.371 e. The smallest absolute Gasteiger partial charge is 0.274 e. The maximum atomic E-state index is 13.6. The van der Waals surface area contributed by atoms with Gasteiger partial charge in [0.15, 0.2) is 0 Å². The Bertz CT molecular complexity index is 704. The van der Waals surface area contributed by atoms with Crippen molar-refractivity contribution in [2.75, 3.05) is 23.3 Å². The highest BCUT2D eigenvalue weighted by atomic mass is 19.1. The first-order valence-corrected chi connectivity index (χ1v) is 7.90. The molecule has 0 aliphatic carbocycles. The minimum atomic E-state index is -0.457. The fourth-order valence-corrected chi connectivity index (χ4v) is 2.91. The standard InChI is InChI=1S/C18H20FN3O/c1-13-5-4-10-22(12-13)14-8-9-20-17(11-14)18(23)21-16-7-3-2-6-15(16)19/h2-3,6-9,11,13H,4-5,10,12H2,1H3,(H,21,23). The summed E-state index contributed by atoms with van der Waals surface area (Å²) in [4.78, 5) is 18.7. The van der Waals surface area contributed by atoms with E-state index in [1.54, 1.807) is 24.4 Å². The number of para-hydroxylation sites is 1. The normalized spacial score (nSPS) is 17.8. The van der Waals surface area contributed by atoms with Gasteiger partial charge in [0.2, 0.25) is 0 Å². The number of hydrogen-bond donors (Lipinski definition) is 1. The average molecular weight is 313 g/mol. The fraction of sp³-hybridized carbons (Fsp3) is 0.333. The number of carbonyl (C=O) groups is 1. The van der Waals surface area contributed by atoms with Gasteiger partial charge in [-0.3, -0.25) is 9.78 Å². The van der Waals surface area contributed by atoms with Crippen molar-refractivity contribution in [3.8, 4) is 0 Å². The summed E-state index contributed by atoms with van der Waals surface area (Å²) >= 11 is 0. The van der Waals surface area contributed by atoms with Crippen LogP contribution in [0.4, 0.5) is 15.8 Å². The van der Waals surface area contributed by atoms with Crippen LogP contribution in [0.25, 0.3) is 0 Å². The Balaban J connectivity index is 1.76. The molecule has 2 aromatic rings. The zero-order valence-electron chi connectivity index (χ0n) is 13.1. The number of anilines is 2. The average Bonchev–Trinajstić information content (AvgIpc) is 2.57. The maximum absolute atomic E-state index is 13.6. The first-order valence-electron chi connectivity index (χ1n) is 7.90. The fourth-order valence-electron chi connectivity index (χ4n) is 2.91. The van der Waals surface area contributed by atoms with Crippen LogP contribution in [-0.4, -0.2) is 24.0 Å². The molecule has 0 spiro atoms. The van der Waals surface area contributed by atoms with E-state index in [1.807, 2.05) is 6.07 Å². The van der Waals surface area contributed by atoms with Gasteiger partial charge < -0.3 is 10.2 Å². The Morgan fingerprint density at radius 1 is 1.35 bits per heavy atom. The van der Waals surface area contributed by atoms with Gasteiger partial charge in [-0.05, 0) is 43.0 Å². The second-order valence-electron chi connectivity index (χ2n) is 6.03. The summed E-state index contributed by atoms with van der Waals surface area (Å²) in [5.41, 5.74) is 1.45. The molecule has 120 valence electrons. The van der Waals surface area contributed by atoms with Crippen LogP contribution >= 0.6 is 0 Å². The number of carbonyl (C=O) groups excluding carboxylic acids is 1. The van der Waals surface area contributed by atoms with Crippen molar-refractivity contribution in [3.63, 3.8) is 0 Å². The third-order valence-corrected chi connectivity index (χ3v) is 4.12. The van der Waals surface area contributed by atoms with Gasteiger partial charge in [0.1, 0.15) is 11.5 Å². The number of rotatable bonds is 3. The summed E-state index contributed by atoms with van der Waals surface area (Å²) in [6.45, 7) is 4.21. The van der Waals surface area contributed by atoms with Crippen molar-refractivity contribution in [2.45, 2.75) is 19.8 Å². The quantitative estimate of drug-likeness (QED) is 0.939. The van der Waals surface area contributed by atoms with E-state index in [1.165, 1.54) is 18.6 Å². The van der Waals surface area contributed by atoms with Crippen LogP contribution in [0.3, 0.4) is 0 Å². The SMILES string of the molecule is CC1CCCN(c2ccnc(C(=O)Nc3ccccc3F)c2)C1. The van der Waals surface area contributed by atoms with Crippen molar-refractivity contribution in [1.29, 1.82) is 0 Å². The molecule has 1 saturated heterocycles. The largest absolute Gasteiger partial charge is 0.371 e. The number of amides is 1. The van der Waals surface area contributed by atoms with Crippen molar-refractivity contribution in [1.82, 2.24) is 4.98 Å². The summed E-state index contributed by atoms with van der Waals surface area (Å²) in [5, 5.41) is 2.57.